The number of amides is 1. The number of pyridine rings is 1. The van der Waals surface area contributed by atoms with Gasteiger partial charge in [0.1, 0.15) is 22.7 Å². The van der Waals surface area contributed by atoms with E-state index in [0.717, 1.165) is 53.1 Å². The van der Waals surface area contributed by atoms with Gasteiger partial charge in [-0.1, -0.05) is 6.92 Å². The summed E-state index contributed by atoms with van der Waals surface area (Å²) in [6.45, 7) is 3.93. The molecule has 5 aromatic rings. The number of rotatable bonds is 8. The minimum absolute atomic E-state index is 0.00682. The molecule has 46 heavy (non-hydrogen) atoms. The highest BCUT2D eigenvalue weighted by Crippen LogP contribution is 2.44. The first-order valence-electron chi connectivity index (χ1n) is 15.9. The predicted molar refractivity (Wildman–Crippen MR) is 172 cm³/mol. The van der Waals surface area contributed by atoms with Crippen molar-refractivity contribution in [2.45, 2.75) is 45.2 Å². The van der Waals surface area contributed by atoms with Crippen LogP contribution in [0.3, 0.4) is 0 Å². The molecule has 12 nitrogen and oxygen atoms in total. The molecule has 0 spiro atoms. The minimum atomic E-state index is -0.591. The van der Waals surface area contributed by atoms with E-state index in [-0.39, 0.29) is 11.7 Å². The Morgan fingerprint density at radius 1 is 1.02 bits per heavy atom. The average Bonchev–Trinajstić information content (AvgIpc) is 3.48. The molecule has 0 radical (unpaired) electrons. The van der Waals surface area contributed by atoms with Gasteiger partial charge in [-0.15, -0.1) is 0 Å². The van der Waals surface area contributed by atoms with Gasteiger partial charge in [0.05, 0.1) is 43.5 Å². The molecule has 12 heteroatoms. The molecule has 5 heterocycles. The molecule has 3 fully saturated rings. The summed E-state index contributed by atoms with van der Waals surface area (Å²) in [5, 5.41) is 4.24. The van der Waals surface area contributed by atoms with E-state index >= 15 is 0 Å². The molecule has 2 saturated carbocycles. The number of ether oxygens (including phenoxy) is 2. The Kier molecular flexibility index (Phi) is 6.69. The van der Waals surface area contributed by atoms with Crippen molar-refractivity contribution in [3.63, 3.8) is 0 Å². The van der Waals surface area contributed by atoms with Crippen LogP contribution in [-0.4, -0.2) is 72.7 Å². The molecule has 2 aliphatic carbocycles. The zero-order valence-corrected chi connectivity index (χ0v) is 26.4. The number of anilines is 2. The molecule has 3 atom stereocenters. The van der Waals surface area contributed by atoms with Crippen LogP contribution >= 0.6 is 0 Å². The van der Waals surface area contributed by atoms with E-state index in [0.29, 0.717) is 46.6 Å². The van der Waals surface area contributed by atoms with E-state index in [4.69, 9.17) is 19.4 Å². The highest BCUT2D eigenvalue weighted by Gasteiger charge is 2.46. The number of hydrogen-bond acceptors (Lipinski definition) is 9. The van der Waals surface area contributed by atoms with Gasteiger partial charge in [0.15, 0.2) is 5.82 Å². The molecule has 236 valence electrons. The van der Waals surface area contributed by atoms with Gasteiger partial charge in [-0.25, -0.2) is 24.7 Å². The molecule has 1 N–H and O–H groups in total. The van der Waals surface area contributed by atoms with E-state index in [9.17, 15) is 9.59 Å². The van der Waals surface area contributed by atoms with Gasteiger partial charge in [0.25, 0.3) is 5.91 Å². The Hall–Kier alpha value is -5.00. The van der Waals surface area contributed by atoms with E-state index in [1.807, 2.05) is 31.3 Å². The number of aromatic nitrogens is 6. The number of imidazole rings is 1. The van der Waals surface area contributed by atoms with Crippen LogP contribution < -0.4 is 10.1 Å². The third-order valence-electron chi connectivity index (χ3n) is 10.1. The van der Waals surface area contributed by atoms with Crippen LogP contribution in [0.2, 0.25) is 0 Å². The number of carbonyl (C=O) groups is 2. The lowest BCUT2D eigenvalue weighted by atomic mass is 10.0. The lowest BCUT2D eigenvalue weighted by Crippen LogP contribution is -2.38. The van der Waals surface area contributed by atoms with Crippen LogP contribution in [0.15, 0.2) is 42.7 Å². The molecular formula is C34H36N8O4. The monoisotopic (exact) mass is 620 g/mol. The molecule has 1 aromatic carbocycles. The van der Waals surface area contributed by atoms with Crippen molar-refractivity contribution >= 4 is 45.4 Å². The summed E-state index contributed by atoms with van der Waals surface area (Å²) in [6, 6.07) is 10.2. The molecule has 2 unspecified atom stereocenters. The van der Waals surface area contributed by atoms with Gasteiger partial charge in [0, 0.05) is 37.1 Å². The smallest absolute Gasteiger partial charge is 0.376 e. The average molecular weight is 621 g/mol. The number of aryl methyl sites for hydroxylation is 1. The van der Waals surface area contributed by atoms with Crippen molar-refractivity contribution < 1.29 is 19.1 Å². The number of hydrogen-bond donors (Lipinski definition) is 1. The Labute approximate surface area is 265 Å². The number of methoxy groups -OCH3 is 2. The van der Waals surface area contributed by atoms with Crippen molar-refractivity contribution in [3.05, 3.63) is 54.1 Å². The number of esters is 1. The second-order valence-electron chi connectivity index (χ2n) is 12.9. The predicted octanol–water partition coefficient (Wildman–Crippen LogP) is 5.20. The van der Waals surface area contributed by atoms with Crippen LogP contribution in [0.25, 0.3) is 33.6 Å². The first-order chi connectivity index (χ1) is 22.3. The summed E-state index contributed by atoms with van der Waals surface area (Å²) < 4.78 is 14.9. The Bertz CT molecular complexity index is 2010. The first-order valence-corrected chi connectivity index (χ1v) is 15.9. The second-order valence-corrected chi connectivity index (χ2v) is 12.9. The topological polar surface area (TPSA) is 129 Å². The van der Waals surface area contributed by atoms with Crippen molar-refractivity contribution in [1.29, 1.82) is 0 Å². The molecule has 4 aromatic heterocycles. The quantitative estimate of drug-likeness (QED) is 0.233. The zero-order valence-electron chi connectivity index (χ0n) is 26.4. The Morgan fingerprint density at radius 2 is 1.83 bits per heavy atom. The van der Waals surface area contributed by atoms with E-state index < -0.39 is 5.97 Å². The summed E-state index contributed by atoms with van der Waals surface area (Å²) in [5.41, 5.74) is 4.59. The second kappa shape index (κ2) is 10.8. The highest BCUT2D eigenvalue weighted by molar-refractivity contribution is 6.00. The van der Waals surface area contributed by atoms with E-state index in [1.54, 1.807) is 7.11 Å². The van der Waals surface area contributed by atoms with E-state index in [2.05, 4.69) is 42.3 Å². The summed E-state index contributed by atoms with van der Waals surface area (Å²) in [5.74, 6) is 3.24. The summed E-state index contributed by atoms with van der Waals surface area (Å²) in [6.07, 6.45) is 7.71. The number of likely N-dealkylation sites (tertiary alicyclic amines) is 1. The summed E-state index contributed by atoms with van der Waals surface area (Å²) >= 11 is 0. The van der Waals surface area contributed by atoms with Crippen molar-refractivity contribution in [2.75, 3.05) is 26.1 Å². The fraction of sp³-hybridized carbons (Fsp3) is 0.412. The van der Waals surface area contributed by atoms with Crippen LogP contribution in [-0.2, 0) is 18.3 Å². The number of nitrogens with one attached hydrogen (secondary N) is 1. The molecule has 3 aliphatic rings. The third kappa shape index (κ3) is 4.65. The minimum Gasteiger partial charge on any atom is -0.494 e. The maximum Gasteiger partial charge on any atom is 0.376 e. The lowest BCUT2D eigenvalue weighted by molar-refractivity contribution is 0.0586. The number of fused-ring (bicyclic) bond motifs is 4. The van der Waals surface area contributed by atoms with Gasteiger partial charge in [-0.2, -0.15) is 0 Å². The fourth-order valence-corrected chi connectivity index (χ4v) is 7.39. The Morgan fingerprint density at radius 3 is 2.50 bits per heavy atom. The SMILES string of the molecule is COC(=O)c1ncc(Nc2ccc3cc(-c4nc5cc(C(=O)N6CC7CCC6[C@@H]7C)cc(OC)c5n4C)n(CC4CC4)c3n2)cn1. The number of benzene rings is 1. The molecule has 1 amide bonds. The van der Waals surface area contributed by atoms with Crippen LogP contribution in [0.5, 0.6) is 5.75 Å². The standard InChI is InChI=1S/C34H36N8O4/c1-18-21-7-9-25(18)42(17-21)33(43)22-11-24-29(27(13-22)45-3)40(2)32(38-24)26-12-20-8-10-28(39-31(20)41(26)16-19-5-6-19)37-23-14-35-30(36-15-23)34(44)46-4/h8,10-15,18-19,21,25H,5-7,9,16-17H2,1-4H3,(H,37,39)/t18-,21?,25?/m1/s1. The van der Waals surface area contributed by atoms with Gasteiger partial charge in [-0.05, 0) is 73.8 Å². The molecule has 8 rings (SSSR count). The number of nitrogens with zero attached hydrogens (tertiary/aromatic N) is 7. The highest BCUT2D eigenvalue weighted by atomic mass is 16.5. The van der Waals surface area contributed by atoms with Crippen molar-refractivity contribution in [2.24, 2.45) is 24.8 Å². The maximum absolute atomic E-state index is 13.8. The molecule has 2 bridgehead atoms. The van der Waals surface area contributed by atoms with E-state index in [1.165, 1.54) is 38.8 Å². The van der Waals surface area contributed by atoms with Gasteiger partial charge >= 0.3 is 5.97 Å². The Balaban J connectivity index is 1.17. The first kappa shape index (κ1) is 28.5. The molecular weight excluding hydrogens is 584 g/mol. The van der Waals surface area contributed by atoms with Gasteiger partial charge in [-0.3, -0.25) is 4.79 Å². The number of carbonyl (C=O) groups excluding carboxylic acids is 2. The maximum atomic E-state index is 13.8. The van der Waals surface area contributed by atoms with Gasteiger partial charge in [0.2, 0.25) is 5.82 Å². The van der Waals surface area contributed by atoms with Crippen molar-refractivity contribution in [1.82, 2.24) is 34.0 Å². The third-order valence-corrected chi connectivity index (χ3v) is 10.1. The summed E-state index contributed by atoms with van der Waals surface area (Å²) in [7, 11) is 4.93. The lowest BCUT2D eigenvalue weighted by Gasteiger charge is -2.27. The van der Waals surface area contributed by atoms with Crippen molar-refractivity contribution in [3.8, 4) is 17.3 Å². The summed E-state index contributed by atoms with van der Waals surface area (Å²) in [4.78, 5) is 45.8. The largest absolute Gasteiger partial charge is 0.494 e. The fourth-order valence-electron chi connectivity index (χ4n) is 7.39. The normalized spacial score (nSPS) is 20.5. The van der Waals surface area contributed by atoms with Crippen LogP contribution in [0, 0.1) is 17.8 Å². The number of piperidine rings is 1. The van der Waals surface area contributed by atoms with Gasteiger partial charge < -0.3 is 28.8 Å². The zero-order chi connectivity index (χ0) is 31.7. The molecule has 1 aliphatic heterocycles. The van der Waals surface area contributed by atoms with Crippen LogP contribution in [0.4, 0.5) is 11.5 Å². The molecule has 1 saturated heterocycles. The van der Waals surface area contributed by atoms with Crippen LogP contribution in [0.1, 0.15) is 53.6 Å².